The quantitative estimate of drug-likeness (QED) is 0.696. The van der Waals surface area contributed by atoms with E-state index in [1.807, 2.05) is 0 Å². The van der Waals surface area contributed by atoms with Crippen LogP contribution in [0.15, 0.2) is 17.3 Å². The third kappa shape index (κ3) is 1.40. The van der Waals surface area contributed by atoms with Gasteiger partial charge in [-0.15, -0.1) is 0 Å². The Bertz CT molecular complexity index is 445. The smallest absolute Gasteiger partial charge is 0.191 e. The van der Waals surface area contributed by atoms with E-state index in [1.165, 1.54) is 13.2 Å². The summed E-state index contributed by atoms with van der Waals surface area (Å²) in [4.78, 5) is 21.8. The molecule has 0 N–H and O–H groups in total. The highest BCUT2D eigenvalue weighted by Gasteiger charge is 2.32. The summed E-state index contributed by atoms with van der Waals surface area (Å²) in [7, 11) is 1.34. The van der Waals surface area contributed by atoms with E-state index in [1.54, 1.807) is 0 Å². The summed E-state index contributed by atoms with van der Waals surface area (Å²) in [5.41, 5.74) is 0.848. The van der Waals surface area contributed by atoms with Crippen molar-refractivity contribution in [1.29, 1.82) is 0 Å². The molecule has 0 fully saturated rings. The van der Waals surface area contributed by atoms with Crippen LogP contribution in [-0.4, -0.2) is 18.9 Å². The first-order valence-corrected chi connectivity index (χ1v) is 4.40. The zero-order valence-electron chi connectivity index (χ0n) is 7.99. The maximum Gasteiger partial charge on any atom is 0.191 e. The van der Waals surface area contributed by atoms with Gasteiger partial charge in [-0.05, 0) is 17.7 Å². The van der Waals surface area contributed by atoms with E-state index in [2.05, 4.69) is 5.18 Å². The van der Waals surface area contributed by atoms with Crippen LogP contribution < -0.4 is 4.74 Å². The van der Waals surface area contributed by atoms with E-state index in [9.17, 15) is 14.1 Å². The Balaban J connectivity index is 2.51. The molecular weight excluding hydrogens is 201 g/mol. The van der Waals surface area contributed by atoms with Crippen LogP contribution in [0.5, 0.6) is 5.75 Å². The van der Waals surface area contributed by atoms with Gasteiger partial charge in [0.15, 0.2) is 23.4 Å². The fraction of sp³-hybridized carbons (Fsp3) is 0.300. The van der Waals surface area contributed by atoms with Crippen LogP contribution in [0.4, 0.5) is 4.39 Å². The number of nitroso groups, excluding NO2 is 1. The van der Waals surface area contributed by atoms with Crippen molar-refractivity contribution in [2.45, 2.75) is 12.5 Å². The Kier molecular flexibility index (Phi) is 2.22. The molecule has 1 aliphatic carbocycles. The summed E-state index contributed by atoms with van der Waals surface area (Å²) < 4.78 is 18.0. The number of ketones is 1. The average molecular weight is 209 g/mol. The van der Waals surface area contributed by atoms with E-state index in [0.29, 0.717) is 5.56 Å². The highest BCUT2D eigenvalue weighted by Crippen LogP contribution is 2.30. The molecule has 1 atom stereocenters. The molecule has 1 aromatic carbocycles. The lowest BCUT2D eigenvalue weighted by atomic mass is 10.1. The van der Waals surface area contributed by atoms with Crippen LogP contribution in [-0.2, 0) is 6.42 Å². The van der Waals surface area contributed by atoms with Gasteiger partial charge in [-0.3, -0.25) is 4.79 Å². The lowest BCUT2D eigenvalue weighted by Gasteiger charge is -2.03. The highest BCUT2D eigenvalue weighted by atomic mass is 19.1. The van der Waals surface area contributed by atoms with Crippen molar-refractivity contribution >= 4 is 5.78 Å². The number of methoxy groups -OCH3 is 1. The lowest BCUT2D eigenvalue weighted by Crippen LogP contribution is -2.11. The van der Waals surface area contributed by atoms with Crippen molar-refractivity contribution < 1.29 is 13.9 Å². The molecule has 0 amide bonds. The van der Waals surface area contributed by atoms with Gasteiger partial charge >= 0.3 is 0 Å². The van der Waals surface area contributed by atoms with E-state index in [4.69, 9.17) is 4.74 Å². The number of ether oxygens (including phenoxy) is 1. The molecule has 0 spiro atoms. The number of halogens is 1. The van der Waals surface area contributed by atoms with Crippen molar-refractivity contribution in [3.63, 3.8) is 0 Å². The number of Topliss-reactive ketones (excluding diaryl/α,β-unsaturated/α-hetero) is 1. The number of fused-ring (bicyclic) bond motifs is 1. The summed E-state index contributed by atoms with van der Waals surface area (Å²) >= 11 is 0. The first-order valence-electron chi connectivity index (χ1n) is 4.40. The topological polar surface area (TPSA) is 55.7 Å². The maximum atomic E-state index is 13.3. The van der Waals surface area contributed by atoms with E-state index in [-0.39, 0.29) is 17.7 Å². The molecule has 1 aliphatic rings. The Morgan fingerprint density at radius 2 is 2.27 bits per heavy atom. The number of hydrogen-bond donors (Lipinski definition) is 0. The van der Waals surface area contributed by atoms with E-state index >= 15 is 0 Å². The van der Waals surface area contributed by atoms with Crippen LogP contribution in [0, 0.1) is 10.7 Å². The second kappa shape index (κ2) is 3.42. The summed E-state index contributed by atoms with van der Waals surface area (Å²) in [6.07, 6.45) is 0.230. The van der Waals surface area contributed by atoms with Gasteiger partial charge in [0, 0.05) is 12.0 Å². The standard InChI is InChI=1S/C10H8FNO3/c1-15-9-3-5-2-8(12-14)10(13)6(5)4-7(9)11/h3-4,8H,2H2,1H3. The zero-order valence-corrected chi connectivity index (χ0v) is 7.99. The highest BCUT2D eigenvalue weighted by molar-refractivity contribution is 6.04. The molecular formula is C10H8FNO3. The molecule has 1 unspecified atom stereocenters. The van der Waals surface area contributed by atoms with Gasteiger partial charge in [0.2, 0.25) is 0 Å². The minimum Gasteiger partial charge on any atom is -0.494 e. The zero-order chi connectivity index (χ0) is 11.0. The van der Waals surface area contributed by atoms with Crippen molar-refractivity contribution in [2.24, 2.45) is 5.18 Å². The van der Waals surface area contributed by atoms with Gasteiger partial charge in [0.05, 0.1) is 7.11 Å². The SMILES string of the molecule is COc1cc2c(cc1F)C(=O)C(N=O)C2. The van der Waals surface area contributed by atoms with Crippen molar-refractivity contribution in [1.82, 2.24) is 0 Å². The van der Waals surface area contributed by atoms with Gasteiger partial charge in [-0.1, -0.05) is 5.18 Å². The molecule has 0 aromatic heterocycles. The van der Waals surface area contributed by atoms with Gasteiger partial charge in [0.1, 0.15) is 0 Å². The molecule has 78 valence electrons. The third-order valence-corrected chi connectivity index (χ3v) is 2.49. The fourth-order valence-electron chi connectivity index (χ4n) is 1.72. The molecule has 2 rings (SSSR count). The van der Waals surface area contributed by atoms with Crippen LogP contribution in [0.25, 0.3) is 0 Å². The Morgan fingerprint density at radius 3 is 2.87 bits per heavy atom. The molecule has 5 heteroatoms. The third-order valence-electron chi connectivity index (χ3n) is 2.49. The summed E-state index contributed by atoms with van der Waals surface area (Å²) in [6, 6.07) is 1.63. The summed E-state index contributed by atoms with van der Waals surface area (Å²) in [5, 5.41) is 2.71. The fourth-order valence-corrected chi connectivity index (χ4v) is 1.72. The number of carbonyl (C=O) groups is 1. The first kappa shape index (κ1) is 9.76. The maximum absolute atomic E-state index is 13.3. The molecule has 0 radical (unpaired) electrons. The average Bonchev–Trinajstić information content (AvgIpc) is 2.54. The monoisotopic (exact) mass is 209 g/mol. The predicted octanol–water partition coefficient (Wildman–Crippen LogP) is 1.71. The van der Waals surface area contributed by atoms with Gasteiger partial charge in [0.25, 0.3) is 0 Å². The van der Waals surface area contributed by atoms with E-state index in [0.717, 1.165) is 6.07 Å². The molecule has 4 nitrogen and oxygen atoms in total. The molecule has 0 bridgehead atoms. The Morgan fingerprint density at radius 1 is 1.53 bits per heavy atom. The molecule has 0 aliphatic heterocycles. The van der Waals surface area contributed by atoms with Crippen LogP contribution in [0.1, 0.15) is 15.9 Å². The van der Waals surface area contributed by atoms with Crippen molar-refractivity contribution in [2.75, 3.05) is 7.11 Å². The normalized spacial score (nSPS) is 18.8. The number of benzene rings is 1. The first-order chi connectivity index (χ1) is 7.17. The van der Waals surface area contributed by atoms with Crippen LogP contribution in [0.3, 0.4) is 0 Å². The van der Waals surface area contributed by atoms with Crippen LogP contribution in [0.2, 0.25) is 0 Å². The number of carbonyl (C=O) groups excluding carboxylic acids is 1. The number of hydrogen-bond acceptors (Lipinski definition) is 4. The van der Waals surface area contributed by atoms with Crippen LogP contribution >= 0.6 is 0 Å². The molecule has 0 saturated carbocycles. The minimum atomic E-state index is -0.911. The second-order valence-electron chi connectivity index (χ2n) is 3.33. The lowest BCUT2D eigenvalue weighted by molar-refractivity contribution is 0.0975. The molecule has 0 heterocycles. The van der Waals surface area contributed by atoms with Gasteiger partial charge in [-0.25, -0.2) is 4.39 Å². The van der Waals surface area contributed by atoms with Gasteiger partial charge < -0.3 is 4.74 Å². The summed E-state index contributed by atoms with van der Waals surface area (Å²) in [6.45, 7) is 0. The van der Waals surface area contributed by atoms with E-state index < -0.39 is 17.6 Å². The Labute approximate surface area is 85.0 Å². The summed E-state index contributed by atoms with van der Waals surface area (Å²) in [5.74, 6) is -0.939. The molecule has 15 heavy (non-hydrogen) atoms. The van der Waals surface area contributed by atoms with Gasteiger partial charge in [-0.2, -0.15) is 4.91 Å². The molecule has 1 aromatic rings. The second-order valence-corrected chi connectivity index (χ2v) is 3.33. The molecule has 0 saturated heterocycles. The minimum absolute atomic E-state index is 0.0769. The predicted molar refractivity (Wildman–Crippen MR) is 50.6 cm³/mol. The number of rotatable bonds is 2. The van der Waals surface area contributed by atoms with Crippen molar-refractivity contribution in [3.05, 3.63) is 34.0 Å². The largest absolute Gasteiger partial charge is 0.494 e. The van der Waals surface area contributed by atoms with Crippen molar-refractivity contribution in [3.8, 4) is 5.75 Å². The Hall–Kier alpha value is -1.78. The number of nitrogens with zero attached hydrogens (tertiary/aromatic N) is 1.